The Kier molecular flexibility index (Phi) is 5.10. The smallest absolute Gasteiger partial charge is 0.0600 e. The Balaban J connectivity index is 3.87. The standard InChI is InChI=1S/C12H27NO/c1-8-13(11(2,3)4)9-10-14-12(5,6)7/h8-10H2,1-7H3. The van der Waals surface area contributed by atoms with Gasteiger partial charge in [-0.05, 0) is 48.1 Å². The normalized spacial score (nSPS) is 13.7. The lowest BCUT2D eigenvalue weighted by molar-refractivity contribution is -0.0226. The van der Waals surface area contributed by atoms with Crippen molar-refractivity contribution in [3.8, 4) is 0 Å². The molecule has 0 atom stereocenters. The SMILES string of the molecule is CCN(CCOC(C)(C)C)C(C)(C)C. The highest BCUT2D eigenvalue weighted by Gasteiger charge is 2.19. The van der Waals surface area contributed by atoms with E-state index in [0.717, 1.165) is 19.7 Å². The maximum Gasteiger partial charge on any atom is 0.0600 e. The van der Waals surface area contributed by atoms with Gasteiger partial charge in [0.05, 0.1) is 12.2 Å². The first-order valence-electron chi connectivity index (χ1n) is 5.56. The number of hydrogen-bond donors (Lipinski definition) is 0. The van der Waals surface area contributed by atoms with Crippen molar-refractivity contribution in [1.82, 2.24) is 4.90 Å². The van der Waals surface area contributed by atoms with Crippen LogP contribution in [0.1, 0.15) is 48.5 Å². The molecule has 86 valence electrons. The van der Waals surface area contributed by atoms with E-state index in [9.17, 15) is 0 Å². The van der Waals surface area contributed by atoms with Gasteiger partial charge >= 0.3 is 0 Å². The highest BCUT2D eigenvalue weighted by Crippen LogP contribution is 2.13. The molecule has 0 bridgehead atoms. The van der Waals surface area contributed by atoms with Crippen LogP contribution in [0.4, 0.5) is 0 Å². The van der Waals surface area contributed by atoms with Crippen LogP contribution in [-0.2, 0) is 4.74 Å². The lowest BCUT2D eigenvalue weighted by atomic mass is 10.1. The quantitative estimate of drug-likeness (QED) is 0.693. The molecule has 0 aliphatic carbocycles. The van der Waals surface area contributed by atoms with E-state index in [0.29, 0.717) is 0 Å². The van der Waals surface area contributed by atoms with Gasteiger partial charge in [-0.3, -0.25) is 4.90 Å². The van der Waals surface area contributed by atoms with Gasteiger partial charge < -0.3 is 4.74 Å². The largest absolute Gasteiger partial charge is 0.375 e. The van der Waals surface area contributed by atoms with Crippen LogP contribution < -0.4 is 0 Å². The van der Waals surface area contributed by atoms with Gasteiger partial charge in [-0.2, -0.15) is 0 Å². The minimum absolute atomic E-state index is 0.0166. The fourth-order valence-corrected chi connectivity index (χ4v) is 1.43. The summed E-state index contributed by atoms with van der Waals surface area (Å²) in [5.74, 6) is 0. The summed E-state index contributed by atoms with van der Waals surface area (Å²) < 4.78 is 5.72. The van der Waals surface area contributed by atoms with E-state index in [1.807, 2.05) is 0 Å². The second kappa shape index (κ2) is 5.13. The maximum atomic E-state index is 5.72. The maximum absolute atomic E-state index is 5.72. The van der Waals surface area contributed by atoms with Crippen LogP contribution in [0.15, 0.2) is 0 Å². The molecule has 0 spiro atoms. The second-order valence-corrected chi connectivity index (χ2v) is 5.71. The zero-order chi connectivity index (χ0) is 11.4. The van der Waals surface area contributed by atoms with Crippen LogP contribution in [0.2, 0.25) is 0 Å². The first-order valence-corrected chi connectivity index (χ1v) is 5.56. The fraction of sp³-hybridized carbons (Fsp3) is 1.00. The third-order valence-corrected chi connectivity index (χ3v) is 2.23. The van der Waals surface area contributed by atoms with Crippen LogP contribution >= 0.6 is 0 Å². The van der Waals surface area contributed by atoms with Gasteiger partial charge in [-0.1, -0.05) is 6.92 Å². The molecule has 0 aromatic heterocycles. The molecule has 0 aliphatic rings. The van der Waals surface area contributed by atoms with Gasteiger partial charge in [0.25, 0.3) is 0 Å². The first-order chi connectivity index (χ1) is 6.17. The molecule has 0 saturated heterocycles. The molecule has 0 heterocycles. The highest BCUT2D eigenvalue weighted by atomic mass is 16.5. The molecular weight excluding hydrogens is 174 g/mol. The van der Waals surface area contributed by atoms with E-state index in [1.54, 1.807) is 0 Å². The molecule has 0 aliphatic heterocycles. The van der Waals surface area contributed by atoms with Gasteiger partial charge in [0.1, 0.15) is 0 Å². The molecule has 0 unspecified atom stereocenters. The zero-order valence-corrected chi connectivity index (χ0v) is 11.0. The average Bonchev–Trinajstić information content (AvgIpc) is 1.93. The van der Waals surface area contributed by atoms with Crippen LogP contribution in [0.3, 0.4) is 0 Å². The summed E-state index contributed by atoms with van der Waals surface area (Å²) in [7, 11) is 0. The number of ether oxygens (including phenoxy) is 1. The van der Waals surface area contributed by atoms with E-state index in [4.69, 9.17) is 4.74 Å². The molecule has 0 rings (SSSR count). The Morgan fingerprint density at radius 3 is 1.79 bits per heavy atom. The van der Waals surface area contributed by atoms with E-state index in [2.05, 4.69) is 53.4 Å². The predicted molar refractivity (Wildman–Crippen MR) is 62.7 cm³/mol. The monoisotopic (exact) mass is 201 g/mol. The molecule has 0 radical (unpaired) electrons. The Bertz CT molecular complexity index is 153. The van der Waals surface area contributed by atoms with Crippen LogP contribution in [0.5, 0.6) is 0 Å². The summed E-state index contributed by atoms with van der Waals surface area (Å²) in [5.41, 5.74) is 0.229. The van der Waals surface area contributed by atoms with E-state index < -0.39 is 0 Å². The van der Waals surface area contributed by atoms with Crippen molar-refractivity contribution in [2.45, 2.75) is 59.6 Å². The summed E-state index contributed by atoms with van der Waals surface area (Å²) in [6.07, 6.45) is 0. The number of nitrogens with zero attached hydrogens (tertiary/aromatic N) is 1. The number of hydrogen-bond acceptors (Lipinski definition) is 2. The third-order valence-electron chi connectivity index (χ3n) is 2.23. The van der Waals surface area contributed by atoms with Crippen molar-refractivity contribution in [2.24, 2.45) is 0 Å². The van der Waals surface area contributed by atoms with Crippen LogP contribution in [0.25, 0.3) is 0 Å². The number of rotatable bonds is 4. The van der Waals surface area contributed by atoms with E-state index >= 15 is 0 Å². The van der Waals surface area contributed by atoms with Crippen molar-refractivity contribution in [3.63, 3.8) is 0 Å². The summed E-state index contributed by atoms with van der Waals surface area (Å²) in [6, 6.07) is 0. The molecule has 0 aromatic rings. The Morgan fingerprint density at radius 2 is 1.50 bits per heavy atom. The minimum Gasteiger partial charge on any atom is -0.375 e. The topological polar surface area (TPSA) is 12.5 Å². The minimum atomic E-state index is -0.0166. The summed E-state index contributed by atoms with van der Waals surface area (Å²) in [6.45, 7) is 18.1. The first kappa shape index (κ1) is 13.9. The second-order valence-electron chi connectivity index (χ2n) is 5.71. The lowest BCUT2D eigenvalue weighted by Gasteiger charge is -2.35. The van der Waals surface area contributed by atoms with Crippen molar-refractivity contribution in [1.29, 1.82) is 0 Å². The Morgan fingerprint density at radius 1 is 1.00 bits per heavy atom. The van der Waals surface area contributed by atoms with Crippen molar-refractivity contribution >= 4 is 0 Å². The summed E-state index contributed by atoms with van der Waals surface area (Å²) >= 11 is 0. The molecule has 0 N–H and O–H groups in total. The lowest BCUT2D eigenvalue weighted by Crippen LogP contribution is -2.43. The number of likely N-dealkylation sites (N-methyl/N-ethyl adjacent to an activating group) is 1. The van der Waals surface area contributed by atoms with Crippen LogP contribution in [0, 0.1) is 0 Å². The van der Waals surface area contributed by atoms with Crippen molar-refractivity contribution in [2.75, 3.05) is 19.7 Å². The van der Waals surface area contributed by atoms with Gasteiger partial charge in [0.2, 0.25) is 0 Å². The molecule has 0 saturated carbocycles. The molecule has 0 aromatic carbocycles. The Hall–Kier alpha value is -0.0800. The van der Waals surface area contributed by atoms with Gasteiger partial charge in [-0.15, -0.1) is 0 Å². The van der Waals surface area contributed by atoms with Gasteiger partial charge in [0.15, 0.2) is 0 Å². The highest BCUT2D eigenvalue weighted by molar-refractivity contribution is 4.75. The summed E-state index contributed by atoms with van der Waals surface area (Å²) in [4.78, 5) is 2.43. The van der Waals surface area contributed by atoms with Crippen LogP contribution in [-0.4, -0.2) is 35.7 Å². The zero-order valence-electron chi connectivity index (χ0n) is 11.0. The molecular formula is C12H27NO. The van der Waals surface area contributed by atoms with Gasteiger partial charge in [0, 0.05) is 12.1 Å². The van der Waals surface area contributed by atoms with Crippen molar-refractivity contribution in [3.05, 3.63) is 0 Å². The Labute approximate surface area is 89.6 Å². The van der Waals surface area contributed by atoms with Crippen molar-refractivity contribution < 1.29 is 4.74 Å². The predicted octanol–water partition coefficient (Wildman–Crippen LogP) is 2.92. The van der Waals surface area contributed by atoms with Gasteiger partial charge in [-0.25, -0.2) is 0 Å². The van der Waals surface area contributed by atoms with E-state index in [1.165, 1.54) is 0 Å². The molecule has 2 heteroatoms. The molecule has 2 nitrogen and oxygen atoms in total. The van der Waals surface area contributed by atoms with E-state index in [-0.39, 0.29) is 11.1 Å². The third kappa shape index (κ3) is 6.39. The average molecular weight is 201 g/mol. The summed E-state index contributed by atoms with van der Waals surface area (Å²) in [5, 5.41) is 0. The molecule has 14 heavy (non-hydrogen) atoms. The molecule has 0 fully saturated rings. The fourth-order valence-electron chi connectivity index (χ4n) is 1.43. The molecule has 0 amide bonds.